The molecule has 2 aliphatic heterocycles. The van der Waals surface area contributed by atoms with E-state index in [0.29, 0.717) is 21.8 Å². The number of thiocarbonyl (C=S) groups is 1. The van der Waals surface area contributed by atoms with Gasteiger partial charge in [0.2, 0.25) is 0 Å². The molecule has 1 unspecified atom stereocenters. The molecule has 8 heteroatoms. The van der Waals surface area contributed by atoms with Crippen LogP contribution >= 0.6 is 23.6 Å². The van der Waals surface area contributed by atoms with Crippen molar-refractivity contribution in [2.24, 2.45) is 0 Å². The second-order valence-corrected chi connectivity index (χ2v) is 9.19. The van der Waals surface area contributed by atoms with Gasteiger partial charge in [-0.2, -0.15) is 0 Å². The van der Waals surface area contributed by atoms with Gasteiger partial charge in [-0.25, -0.2) is 0 Å². The van der Waals surface area contributed by atoms with Crippen molar-refractivity contribution in [1.29, 1.82) is 0 Å². The Morgan fingerprint density at radius 1 is 1.25 bits per heavy atom. The number of allylic oxidation sites excluding steroid dienone is 1. The van der Waals surface area contributed by atoms with E-state index in [1.807, 2.05) is 55.6 Å². The molecule has 0 radical (unpaired) electrons. The van der Waals surface area contributed by atoms with Gasteiger partial charge in [-0.05, 0) is 36.9 Å². The number of nitrogens with one attached hydrogen (secondary N) is 3. The molecule has 168 valence electrons. The van der Waals surface area contributed by atoms with E-state index in [4.69, 9.17) is 17.0 Å². The van der Waals surface area contributed by atoms with Gasteiger partial charge in [0.1, 0.15) is 18.1 Å². The first-order valence-corrected chi connectivity index (χ1v) is 11.8. The predicted molar refractivity (Wildman–Crippen MR) is 135 cm³/mol. The smallest absolute Gasteiger partial charge is 0.254 e. The van der Waals surface area contributed by atoms with Crippen LogP contribution in [0.1, 0.15) is 23.3 Å². The second-order valence-electron chi connectivity index (χ2n) is 7.81. The zero-order valence-electron chi connectivity index (χ0n) is 18.5. The molecule has 1 saturated heterocycles. The van der Waals surface area contributed by atoms with E-state index in [-0.39, 0.29) is 5.91 Å². The molecule has 1 amide bonds. The number of carbonyl (C=O) groups excluding carboxylic acids is 1. The number of carbonyl (C=O) groups is 1. The number of amides is 1. The molecule has 1 fully saturated rings. The van der Waals surface area contributed by atoms with Gasteiger partial charge < -0.3 is 25.7 Å². The number of benzene rings is 1. The summed E-state index contributed by atoms with van der Waals surface area (Å²) in [4.78, 5) is 15.9. The van der Waals surface area contributed by atoms with Crippen LogP contribution in [0.2, 0.25) is 0 Å². The zero-order chi connectivity index (χ0) is 23.1. The van der Waals surface area contributed by atoms with Crippen LogP contribution in [0, 0.1) is 6.92 Å². The Hall–Kier alpha value is -2.61. The van der Waals surface area contributed by atoms with Gasteiger partial charge in [0, 0.05) is 27.4 Å². The number of ether oxygens (including phenoxy) is 1. The highest BCUT2D eigenvalue weighted by atomic mass is 32.1. The molecular formula is C24H28N4O2S2. The van der Waals surface area contributed by atoms with Crippen LogP contribution in [0.3, 0.4) is 0 Å². The van der Waals surface area contributed by atoms with E-state index in [0.717, 1.165) is 29.3 Å². The maximum absolute atomic E-state index is 13.0. The molecule has 0 aliphatic carbocycles. The van der Waals surface area contributed by atoms with Gasteiger partial charge >= 0.3 is 0 Å². The fourth-order valence-corrected chi connectivity index (χ4v) is 4.74. The maximum Gasteiger partial charge on any atom is 0.254 e. The third kappa shape index (κ3) is 5.79. The van der Waals surface area contributed by atoms with Gasteiger partial charge in [0.05, 0.1) is 26.2 Å². The highest BCUT2D eigenvalue weighted by molar-refractivity contribution is 7.80. The van der Waals surface area contributed by atoms with Crippen molar-refractivity contribution in [1.82, 2.24) is 5.32 Å². The fraction of sp³-hybridized carbons (Fsp3) is 0.333. The van der Waals surface area contributed by atoms with Gasteiger partial charge in [-0.1, -0.05) is 36.5 Å². The number of anilines is 1. The lowest BCUT2D eigenvalue weighted by molar-refractivity contribution is -0.888. The molecule has 2 aliphatic rings. The summed E-state index contributed by atoms with van der Waals surface area (Å²) in [6, 6.07) is 11.4. The van der Waals surface area contributed by atoms with Crippen LogP contribution in [0.4, 0.5) is 5.69 Å². The Morgan fingerprint density at radius 3 is 2.53 bits per heavy atom. The van der Waals surface area contributed by atoms with Crippen LogP contribution < -0.4 is 15.5 Å². The van der Waals surface area contributed by atoms with E-state index >= 15 is 0 Å². The molecular weight excluding hydrogens is 440 g/mol. The van der Waals surface area contributed by atoms with Crippen molar-refractivity contribution >= 4 is 46.0 Å². The van der Waals surface area contributed by atoms with Crippen LogP contribution in [0.5, 0.6) is 0 Å². The van der Waals surface area contributed by atoms with Gasteiger partial charge in [-0.15, -0.1) is 11.3 Å². The van der Waals surface area contributed by atoms with Crippen molar-refractivity contribution in [3.05, 3.63) is 74.5 Å². The number of hydrogen-bond acceptors (Lipinski definition) is 4. The van der Waals surface area contributed by atoms with Crippen molar-refractivity contribution in [3.8, 4) is 0 Å². The number of rotatable bonds is 3. The first-order valence-electron chi connectivity index (χ1n) is 10.5. The summed E-state index contributed by atoms with van der Waals surface area (Å²) >= 11 is 6.82. The molecule has 2 aromatic rings. The number of para-hydroxylation sites is 1. The van der Waals surface area contributed by atoms with Gasteiger partial charge in [-0.3, -0.25) is 10.7 Å². The Balaban J connectivity index is 0.000000352. The average Bonchev–Trinajstić information content (AvgIpc) is 3.30. The lowest BCUT2D eigenvalue weighted by Crippen LogP contribution is -3.11. The average molecular weight is 469 g/mol. The van der Waals surface area contributed by atoms with Crippen LogP contribution in [0.25, 0.3) is 5.41 Å². The molecule has 6 nitrogen and oxygen atoms in total. The molecule has 3 N–H and O–H groups in total. The van der Waals surface area contributed by atoms with Crippen molar-refractivity contribution in [3.63, 3.8) is 0 Å². The number of likely N-dealkylation sites (N-methyl/N-ethyl adjacent to an activating group) is 1. The standard InChI is InChI=1S/C19H16N3OS2.C5H11NO/c1-11-6-3-4-7-14(11)22-18(23)16-12(2)21-19(24)13(10-20)17(16)15-8-5-9-25-15;1-6-2-4-7-5-3-6/h3-9,17H,1-2H3,(H,21,24)(H,22,23);2-5H2,1H3/q-1;/p+1. The zero-order valence-corrected chi connectivity index (χ0v) is 20.2. The topological polar surface area (TPSA) is 77.1 Å². The van der Waals surface area contributed by atoms with E-state index in [1.54, 1.807) is 4.90 Å². The number of hydrogen-bond donors (Lipinski definition) is 3. The third-order valence-electron chi connectivity index (χ3n) is 5.46. The molecule has 0 spiro atoms. The molecule has 1 aromatic heterocycles. The summed E-state index contributed by atoms with van der Waals surface area (Å²) < 4.78 is 5.12. The van der Waals surface area contributed by atoms with E-state index in [2.05, 4.69) is 23.6 Å². The Labute approximate surface area is 198 Å². The summed E-state index contributed by atoms with van der Waals surface area (Å²) in [6.45, 7) is 8.01. The number of thiophene rings is 1. The second kappa shape index (κ2) is 11.3. The minimum atomic E-state index is -0.442. The molecule has 1 atom stereocenters. The third-order valence-corrected chi connectivity index (χ3v) is 6.72. The molecule has 0 saturated carbocycles. The van der Waals surface area contributed by atoms with E-state index in [1.165, 1.54) is 24.4 Å². The van der Waals surface area contributed by atoms with E-state index in [9.17, 15) is 10.2 Å². The number of nitrogens with zero attached hydrogens (tertiary/aromatic N) is 1. The fourth-order valence-electron chi connectivity index (χ4n) is 3.58. The lowest BCUT2D eigenvalue weighted by Gasteiger charge is -2.30. The minimum Gasteiger partial charge on any atom is -0.763 e. The molecule has 0 bridgehead atoms. The maximum atomic E-state index is 13.0. The van der Waals surface area contributed by atoms with Crippen molar-refractivity contribution in [2.45, 2.75) is 19.8 Å². The Morgan fingerprint density at radius 2 is 1.97 bits per heavy atom. The summed E-state index contributed by atoms with van der Waals surface area (Å²) in [5.74, 6) is 1.51. The van der Waals surface area contributed by atoms with Gasteiger partial charge in [0.15, 0.2) is 0 Å². The molecule has 4 rings (SSSR count). The monoisotopic (exact) mass is 468 g/mol. The highest BCUT2D eigenvalue weighted by Gasteiger charge is 2.34. The summed E-state index contributed by atoms with van der Waals surface area (Å²) in [5.41, 5.74) is 3.33. The predicted octanol–water partition coefficient (Wildman–Crippen LogP) is 2.68. The number of morpholine rings is 1. The lowest BCUT2D eigenvalue weighted by atomic mass is 9.85. The largest absolute Gasteiger partial charge is 0.763 e. The summed E-state index contributed by atoms with van der Waals surface area (Å²) in [6.07, 6.45) is 0. The van der Waals surface area contributed by atoms with Crippen molar-refractivity contribution < 1.29 is 14.4 Å². The normalized spacial score (nSPS) is 18.9. The first-order chi connectivity index (χ1) is 15.4. The summed E-state index contributed by atoms with van der Waals surface area (Å²) in [5, 5.41) is 17.5. The molecule has 3 heterocycles. The number of aryl methyl sites for hydroxylation is 1. The number of quaternary nitrogens is 1. The molecule has 1 aromatic carbocycles. The quantitative estimate of drug-likeness (QED) is 0.368. The highest BCUT2D eigenvalue weighted by Crippen LogP contribution is 2.38. The SMILES string of the molecule is CC1=C(C(=O)Nc2ccccc2C)C(c2cccs2)C(=C=[N-])C(=S)N1.C[NH+]1CCOCC1. The summed E-state index contributed by atoms with van der Waals surface area (Å²) in [7, 11) is 2.20. The van der Waals surface area contributed by atoms with Crippen molar-refractivity contribution in [2.75, 3.05) is 38.7 Å². The first kappa shape index (κ1) is 24.0. The molecule has 32 heavy (non-hydrogen) atoms. The van der Waals surface area contributed by atoms with Gasteiger partial charge in [0.25, 0.3) is 5.91 Å². The minimum absolute atomic E-state index is 0.229. The van der Waals surface area contributed by atoms with Crippen LogP contribution in [-0.2, 0) is 9.53 Å². The Kier molecular flexibility index (Phi) is 8.50. The van der Waals surface area contributed by atoms with E-state index < -0.39 is 5.92 Å². The Bertz CT molecular complexity index is 1050. The van der Waals surface area contributed by atoms with Crippen LogP contribution in [0.15, 0.2) is 58.6 Å². The van der Waals surface area contributed by atoms with Crippen LogP contribution in [-0.4, -0.2) is 50.1 Å².